The van der Waals surface area contributed by atoms with E-state index in [2.05, 4.69) is 4.74 Å². The molecular weight excluding hydrogens is 272 g/mol. The fraction of sp³-hybridized carbons (Fsp3) is 0.300. The van der Waals surface area contributed by atoms with E-state index < -0.39 is 12.0 Å². The largest absolute Gasteiger partial charge is 0.468 e. The molecule has 1 atom stereocenters. The maximum atomic E-state index is 11.1. The number of esters is 1. The van der Waals surface area contributed by atoms with Gasteiger partial charge in [-0.3, -0.25) is 4.79 Å². The van der Waals surface area contributed by atoms with E-state index in [1.807, 2.05) is 0 Å². The van der Waals surface area contributed by atoms with Crippen LogP contribution < -0.4 is 5.73 Å². The van der Waals surface area contributed by atoms with Crippen molar-refractivity contribution >= 4 is 41.6 Å². The van der Waals surface area contributed by atoms with Gasteiger partial charge in [-0.15, -0.1) is 12.4 Å². The predicted molar refractivity (Wildman–Crippen MR) is 67.4 cm³/mol. The number of hydrogen-bond acceptors (Lipinski definition) is 3. The summed E-state index contributed by atoms with van der Waals surface area (Å²) in [5.74, 6) is -0.457. The summed E-state index contributed by atoms with van der Waals surface area (Å²) in [6, 6.07) is 4.36. The summed E-state index contributed by atoms with van der Waals surface area (Å²) in [7, 11) is 1.30. The fourth-order valence-electron chi connectivity index (χ4n) is 1.16. The number of hydrogen-bond donors (Lipinski definition) is 1. The van der Waals surface area contributed by atoms with Crippen LogP contribution in [0.1, 0.15) is 5.56 Å². The van der Waals surface area contributed by atoms with E-state index in [4.69, 9.17) is 28.9 Å². The second-order valence-electron chi connectivity index (χ2n) is 3.07. The molecule has 1 aromatic rings. The molecule has 0 saturated heterocycles. The topological polar surface area (TPSA) is 52.3 Å². The van der Waals surface area contributed by atoms with Gasteiger partial charge in [-0.2, -0.15) is 0 Å². The highest BCUT2D eigenvalue weighted by Crippen LogP contribution is 2.21. The van der Waals surface area contributed by atoms with Crippen LogP contribution in [0.5, 0.6) is 0 Å². The van der Waals surface area contributed by atoms with E-state index in [1.165, 1.54) is 7.11 Å². The van der Waals surface area contributed by atoms with E-state index >= 15 is 0 Å². The van der Waals surface area contributed by atoms with Gasteiger partial charge in [-0.25, -0.2) is 0 Å². The van der Waals surface area contributed by atoms with Gasteiger partial charge in [0.25, 0.3) is 0 Å². The van der Waals surface area contributed by atoms with Gasteiger partial charge in [0.2, 0.25) is 0 Å². The second kappa shape index (κ2) is 6.97. The smallest absolute Gasteiger partial charge is 0.322 e. The molecule has 3 nitrogen and oxygen atoms in total. The van der Waals surface area contributed by atoms with Crippen molar-refractivity contribution in [3.8, 4) is 0 Å². The minimum absolute atomic E-state index is 0. The standard InChI is InChI=1S/C10H11Cl2NO2.ClH/c1-15-10(14)9(13)4-6-2-3-7(11)5-8(6)12;/h2-3,5,9H,4,13H2,1H3;1H. The molecule has 1 unspecified atom stereocenters. The minimum atomic E-state index is -0.700. The zero-order valence-electron chi connectivity index (χ0n) is 8.57. The lowest BCUT2D eigenvalue weighted by atomic mass is 10.1. The van der Waals surface area contributed by atoms with E-state index in [9.17, 15) is 4.79 Å². The molecule has 16 heavy (non-hydrogen) atoms. The Labute approximate surface area is 110 Å². The van der Waals surface area contributed by atoms with Gasteiger partial charge < -0.3 is 10.5 Å². The lowest BCUT2D eigenvalue weighted by Crippen LogP contribution is -2.33. The molecule has 2 N–H and O–H groups in total. The van der Waals surface area contributed by atoms with Crippen molar-refractivity contribution in [2.45, 2.75) is 12.5 Å². The molecule has 0 fully saturated rings. The third-order valence-electron chi connectivity index (χ3n) is 1.96. The molecule has 0 heterocycles. The number of carbonyl (C=O) groups is 1. The highest BCUT2D eigenvalue weighted by Gasteiger charge is 2.15. The van der Waals surface area contributed by atoms with Gasteiger partial charge in [0, 0.05) is 10.0 Å². The van der Waals surface area contributed by atoms with E-state index in [0.717, 1.165) is 5.56 Å². The maximum absolute atomic E-state index is 11.1. The van der Waals surface area contributed by atoms with E-state index in [1.54, 1.807) is 18.2 Å². The fourth-order valence-corrected chi connectivity index (χ4v) is 1.64. The van der Waals surface area contributed by atoms with Crippen LogP contribution >= 0.6 is 35.6 Å². The summed E-state index contributed by atoms with van der Waals surface area (Å²) in [5, 5.41) is 1.05. The Kier molecular flexibility index (Phi) is 6.76. The van der Waals surface area contributed by atoms with Crippen LogP contribution in [0.3, 0.4) is 0 Å². The van der Waals surface area contributed by atoms with Crippen LogP contribution in [0.4, 0.5) is 0 Å². The number of benzene rings is 1. The van der Waals surface area contributed by atoms with Crippen LogP contribution in [-0.4, -0.2) is 19.1 Å². The van der Waals surface area contributed by atoms with Gasteiger partial charge in [0.15, 0.2) is 0 Å². The third-order valence-corrected chi connectivity index (χ3v) is 2.55. The second-order valence-corrected chi connectivity index (χ2v) is 3.91. The number of rotatable bonds is 3. The molecule has 0 aliphatic heterocycles. The number of methoxy groups -OCH3 is 1. The first-order valence-electron chi connectivity index (χ1n) is 4.32. The monoisotopic (exact) mass is 283 g/mol. The molecule has 90 valence electrons. The number of carbonyl (C=O) groups excluding carboxylic acids is 1. The summed E-state index contributed by atoms with van der Waals surface area (Å²) in [6.07, 6.45) is 0.336. The Morgan fingerprint density at radius 1 is 1.50 bits per heavy atom. The molecule has 0 amide bonds. The van der Waals surface area contributed by atoms with E-state index in [0.29, 0.717) is 16.5 Å². The quantitative estimate of drug-likeness (QED) is 0.868. The average Bonchev–Trinajstić information content (AvgIpc) is 2.20. The van der Waals surface area contributed by atoms with Crippen LogP contribution in [0.25, 0.3) is 0 Å². The Morgan fingerprint density at radius 2 is 2.12 bits per heavy atom. The van der Waals surface area contributed by atoms with Crippen LogP contribution in [0, 0.1) is 0 Å². The Morgan fingerprint density at radius 3 is 2.62 bits per heavy atom. The number of nitrogens with two attached hydrogens (primary N) is 1. The van der Waals surface area contributed by atoms with Gasteiger partial charge >= 0.3 is 5.97 Å². The molecular formula is C10H12Cl3NO2. The summed E-state index contributed by atoms with van der Waals surface area (Å²) < 4.78 is 4.51. The first kappa shape index (κ1) is 15.5. The molecule has 6 heteroatoms. The Balaban J connectivity index is 0.00000225. The van der Waals surface area contributed by atoms with Crippen molar-refractivity contribution in [1.29, 1.82) is 0 Å². The Hall–Kier alpha value is -0.480. The lowest BCUT2D eigenvalue weighted by molar-refractivity contribution is -0.142. The Bertz CT molecular complexity index is 371. The van der Waals surface area contributed by atoms with Gasteiger partial charge in [-0.05, 0) is 24.1 Å². The lowest BCUT2D eigenvalue weighted by Gasteiger charge is -2.10. The minimum Gasteiger partial charge on any atom is -0.468 e. The highest BCUT2D eigenvalue weighted by atomic mass is 35.5. The van der Waals surface area contributed by atoms with Gasteiger partial charge in [0.1, 0.15) is 6.04 Å². The van der Waals surface area contributed by atoms with Crippen molar-refractivity contribution < 1.29 is 9.53 Å². The van der Waals surface area contributed by atoms with Crippen molar-refractivity contribution in [3.05, 3.63) is 33.8 Å². The SMILES string of the molecule is COC(=O)C(N)Cc1ccc(Cl)cc1Cl.Cl. The normalized spacial score (nSPS) is 11.5. The molecule has 1 aromatic carbocycles. The number of halogens is 3. The summed E-state index contributed by atoms with van der Waals surface area (Å²) in [4.78, 5) is 11.1. The summed E-state index contributed by atoms with van der Waals surface area (Å²) >= 11 is 11.7. The highest BCUT2D eigenvalue weighted by molar-refractivity contribution is 6.35. The third kappa shape index (κ3) is 4.18. The summed E-state index contributed by atoms with van der Waals surface area (Å²) in [6.45, 7) is 0. The zero-order chi connectivity index (χ0) is 11.4. The molecule has 0 saturated carbocycles. The molecule has 1 rings (SSSR count). The average molecular weight is 285 g/mol. The first-order valence-corrected chi connectivity index (χ1v) is 5.07. The molecule has 0 aliphatic carbocycles. The van der Waals surface area contributed by atoms with E-state index in [-0.39, 0.29) is 12.4 Å². The van der Waals surface area contributed by atoms with Crippen molar-refractivity contribution in [2.24, 2.45) is 5.73 Å². The van der Waals surface area contributed by atoms with Crippen LogP contribution in [0.2, 0.25) is 10.0 Å². The maximum Gasteiger partial charge on any atom is 0.322 e. The first-order chi connectivity index (χ1) is 7.04. The predicted octanol–water partition coefficient (Wildman–Crippen LogP) is 2.46. The van der Waals surface area contributed by atoms with Gasteiger partial charge in [0.05, 0.1) is 7.11 Å². The molecule has 0 aliphatic rings. The molecule has 0 bridgehead atoms. The van der Waals surface area contributed by atoms with Crippen molar-refractivity contribution in [2.75, 3.05) is 7.11 Å². The summed E-state index contributed by atoms with van der Waals surface area (Å²) in [5.41, 5.74) is 6.38. The van der Waals surface area contributed by atoms with Crippen LogP contribution in [0.15, 0.2) is 18.2 Å². The zero-order valence-corrected chi connectivity index (χ0v) is 10.9. The van der Waals surface area contributed by atoms with Crippen molar-refractivity contribution in [3.63, 3.8) is 0 Å². The van der Waals surface area contributed by atoms with Gasteiger partial charge in [-0.1, -0.05) is 29.3 Å². The molecule has 0 radical (unpaired) electrons. The number of ether oxygens (including phenoxy) is 1. The molecule has 0 aromatic heterocycles. The van der Waals surface area contributed by atoms with Crippen molar-refractivity contribution in [1.82, 2.24) is 0 Å². The molecule has 0 spiro atoms. The van der Waals surface area contributed by atoms with Crippen LogP contribution in [-0.2, 0) is 16.0 Å².